The number of carbonyl (C=O) groups excluding carboxylic acids is 2. The van der Waals surface area contributed by atoms with Crippen molar-refractivity contribution >= 4 is 22.7 Å². The second-order valence-electron chi connectivity index (χ2n) is 8.81. The molecule has 2 heterocycles. The Morgan fingerprint density at radius 1 is 0.963 bits per heavy atom. The average Bonchev–Trinajstić information content (AvgIpc) is 2.77. The minimum atomic E-state index is -0.00669. The molecule has 0 aliphatic carbocycles. The zero-order valence-electron chi connectivity index (χ0n) is 17.0. The van der Waals surface area contributed by atoms with Crippen LogP contribution in [0.3, 0.4) is 0 Å². The molecule has 5 nitrogen and oxygen atoms in total. The van der Waals surface area contributed by atoms with Gasteiger partial charge in [-0.2, -0.15) is 0 Å². The second kappa shape index (κ2) is 7.75. The van der Waals surface area contributed by atoms with Crippen LogP contribution in [-0.4, -0.2) is 52.4 Å². The predicted octanol–water partition coefficient (Wildman–Crippen LogP) is 3.22. The van der Waals surface area contributed by atoms with Gasteiger partial charge in [0.2, 0.25) is 11.8 Å². The smallest absolute Gasteiger partial charge is 0.227 e. The summed E-state index contributed by atoms with van der Waals surface area (Å²) in [6.07, 6.45) is 3.87. The first-order valence-electron chi connectivity index (χ1n) is 9.83. The molecule has 27 heavy (non-hydrogen) atoms. The molecule has 3 rings (SSSR count). The number of nitrogens with zero attached hydrogens (tertiary/aromatic N) is 3. The van der Waals surface area contributed by atoms with Crippen LogP contribution in [0.2, 0.25) is 0 Å². The number of para-hydroxylation sites is 1. The summed E-state index contributed by atoms with van der Waals surface area (Å²) >= 11 is 0. The molecule has 146 valence electrons. The third kappa shape index (κ3) is 4.71. The molecule has 0 unspecified atom stereocenters. The molecule has 1 aliphatic rings. The van der Waals surface area contributed by atoms with Crippen molar-refractivity contribution in [1.29, 1.82) is 0 Å². The van der Waals surface area contributed by atoms with Gasteiger partial charge >= 0.3 is 0 Å². The van der Waals surface area contributed by atoms with E-state index in [1.54, 1.807) is 0 Å². The van der Waals surface area contributed by atoms with Crippen molar-refractivity contribution in [3.63, 3.8) is 0 Å². The van der Waals surface area contributed by atoms with Gasteiger partial charge in [-0.25, -0.2) is 0 Å². The van der Waals surface area contributed by atoms with Crippen molar-refractivity contribution in [2.75, 3.05) is 26.2 Å². The van der Waals surface area contributed by atoms with Crippen LogP contribution in [0.15, 0.2) is 30.5 Å². The van der Waals surface area contributed by atoms with Crippen LogP contribution in [0.1, 0.15) is 39.2 Å². The standard InChI is InChI=1S/C22H31N3O2/c1-22(2,3)15-21(27)25-11-7-10-24(12-13-25)20(26)14-17-16-23(4)19-9-6-5-8-18(17)19/h5-6,8-9,16H,7,10-15H2,1-4H3. The van der Waals surface area contributed by atoms with Crippen LogP contribution in [0.5, 0.6) is 0 Å². The molecule has 2 aromatic rings. The van der Waals surface area contributed by atoms with Gasteiger partial charge in [0.15, 0.2) is 0 Å². The molecule has 0 atom stereocenters. The van der Waals surface area contributed by atoms with E-state index in [0.29, 0.717) is 25.9 Å². The van der Waals surface area contributed by atoms with E-state index in [9.17, 15) is 9.59 Å². The predicted molar refractivity (Wildman–Crippen MR) is 108 cm³/mol. The van der Waals surface area contributed by atoms with Crippen molar-refractivity contribution < 1.29 is 9.59 Å². The fourth-order valence-electron chi connectivity index (χ4n) is 3.82. The van der Waals surface area contributed by atoms with Crippen molar-refractivity contribution in [1.82, 2.24) is 14.4 Å². The summed E-state index contributed by atoms with van der Waals surface area (Å²) in [4.78, 5) is 29.2. The van der Waals surface area contributed by atoms with E-state index in [1.807, 2.05) is 29.0 Å². The summed E-state index contributed by atoms with van der Waals surface area (Å²) in [5.41, 5.74) is 2.21. The lowest BCUT2D eigenvalue weighted by Gasteiger charge is -2.25. The minimum Gasteiger partial charge on any atom is -0.350 e. The maximum atomic E-state index is 12.9. The number of fused-ring (bicyclic) bond motifs is 1. The Hall–Kier alpha value is -2.30. The highest BCUT2D eigenvalue weighted by Crippen LogP contribution is 2.22. The van der Waals surface area contributed by atoms with Gasteiger partial charge in [0.1, 0.15) is 0 Å². The highest BCUT2D eigenvalue weighted by atomic mass is 16.2. The normalized spacial score (nSPS) is 15.9. The highest BCUT2D eigenvalue weighted by molar-refractivity contribution is 5.89. The largest absolute Gasteiger partial charge is 0.350 e. The molecule has 2 amide bonds. The number of hydrogen-bond donors (Lipinski definition) is 0. The van der Waals surface area contributed by atoms with Gasteiger partial charge < -0.3 is 14.4 Å². The third-order valence-electron chi connectivity index (χ3n) is 5.20. The van der Waals surface area contributed by atoms with Crippen molar-refractivity contribution in [3.05, 3.63) is 36.0 Å². The van der Waals surface area contributed by atoms with Gasteiger partial charge in [-0.05, 0) is 23.5 Å². The van der Waals surface area contributed by atoms with E-state index < -0.39 is 0 Å². The van der Waals surface area contributed by atoms with Crippen molar-refractivity contribution in [2.45, 2.75) is 40.0 Å². The number of amides is 2. The number of carbonyl (C=O) groups is 2. The van der Waals surface area contributed by atoms with Gasteiger partial charge in [-0.15, -0.1) is 0 Å². The van der Waals surface area contributed by atoms with Gasteiger partial charge in [0, 0.05) is 56.7 Å². The molecule has 1 aliphatic heterocycles. The Morgan fingerprint density at radius 3 is 2.26 bits per heavy atom. The number of benzene rings is 1. The molecule has 0 radical (unpaired) electrons. The topological polar surface area (TPSA) is 45.6 Å². The van der Waals surface area contributed by atoms with E-state index in [-0.39, 0.29) is 17.2 Å². The molecule has 0 bridgehead atoms. The average molecular weight is 370 g/mol. The lowest BCUT2D eigenvalue weighted by Crippen LogP contribution is -2.38. The fraction of sp³-hybridized carbons (Fsp3) is 0.545. The molecule has 1 aromatic heterocycles. The Morgan fingerprint density at radius 2 is 1.59 bits per heavy atom. The van der Waals surface area contributed by atoms with Gasteiger partial charge in [0.25, 0.3) is 0 Å². The second-order valence-corrected chi connectivity index (χ2v) is 8.81. The quantitative estimate of drug-likeness (QED) is 0.834. The number of aromatic nitrogens is 1. The minimum absolute atomic E-state index is 0.00669. The molecule has 0 spiro atoms. The number of hydrogen-bond acceptors (Lipinski definition) is 2. The van der Waals surface area contributed by atoms with Crippen LogP contribution < -0.4 is 0 Å². The molecular weight excluding hydrogens is 338 g/mol. The molecule has 0 N–H and O–H groups in total. The molecule has 1 fully saturated rings. The van der Waals surface area contributed by atoms with Gasteiger partial charge in [0.05, 0.1) is 6.42 Å². The Bertz CT molecular complexity index is 832. The zero-order chi connectivity index (χ0) is 19.6. The zero-order valence-corrected chi connectivity index (χ0v) is 17.0. The Balaban J connectivity index is 1.63. The van der Waals surface area contributed by atoms with E-state index in [1.165, 1.54) is 0 Å². The third-order valence-corrected chi connectivity index (χ3v) is 5.20. The summed E-state index contributed by atoms with van der Waals surface area (Å²) in [6, 6.07) is 8.19. The van der Waals surface area contributed by atoms with Crippen LogP contribution in [0.4, 0.5) is 0 Å². The lowest BCUT2D eigenvalue weighted by molar-refractivity contribution is -0.134. The molecular formula is C22H31N3O2. The van der Waals surface area contributed by atoms with E-state index >= 15 is 0 Å². The monoisotopic (exact) mass is 369 g/mol. The summed E-state index contributed by atoms with van der Waals surface area (Å²) < 4.78 is 2.08. The van der Waals surface area contributed by atoms with E-state index in [4.69, 9.17) is 0 Å². The molecule has 0 saturated carbocycles. The van der Waals surface area contributed by atoms with E-state index in [2.05, 4.69) is 43.7 Å². The molecule has 5 heteroatoms. The molecule has 1 aromatic carbocycles. The first-order chi connectivity index (χ1) is 12.7. The number of aryl methyl sites for hydroxylation is 1. The van der Waals surface area contributed by atoms with Gasteiger partial charge in [-0.1, -0.05) is 39.0 Å². The van der Waals surface area contributed by atoms with Crippen molar-refractivity contribution in [2.24, 2.45) is 12.5 Å². The SMILES string of the molecule is Cn1cc(CC(=O)N2CCCN(C(=O)CC(C)(C)C)CC2)c2ccccc21. The maximum absolute atomic E-state index is 12.9. The van der Waals surface area contributed by atoms with Crippen LogP contribution in [0, 0.1) is 5.41 Å². The first-order valence-corrected chi connectivity index (χ1v) is 9.83. The highest BCUT2D eigenvalue weighted by Gasteiger charge is 2.25. The van der Waals surface area contributed by atoms with Crippen LogP contribution in [0.25, 0.3) is 10.9 Å². The fourth-order valence-corrected chi connectivity index (χ4v) is 3.82. The molecule has 1 saturated heterocycles. The Labute approximate surface area is 161 Å². The lowest BCUT2D eigenvalue weighted by atomic mass is 9.91. The Kier molecular flexibility index (Phi) is 5.59. The summed E-state index contributed by atoms with van der Waals surface area (Å²) in [5, 5.41) is 1.14. The van der Waals surface area contributed by atoms with Crippen molar-refractivity contribution in [3.8, 4) is 0 Å². The summed E-state index contributed by atoms with van der Waals surface area (Å²) in [5.74, 6) is 0.349. The van der Waals surface area contributed by atoms with Crippen LogP contribution in [-0.2, 0) is 23.1 Å². The van der Waals surface area contributed by atoms with Crippen LogP contribution >= 0.6 is 0 Å². The summed E-state index contributed by atoms with van der Waals surface area (Å²) in [6.45, 7) is 8.99. The van der Waals surface area contributed by atoms with Gasteiger partial charge in [-0.3, -0.25) is 9.59 Å². The maximum Gasteiger partial charge on any atom is 0.227 e. The van der Waals surface area contributed by atoms with E-state index in [0.717, 1.165) is 36.0 Å². The first kappa shape index (κ1) is 19.5. The summed E-state index contributed by atoms with van der Waals surface area (Å²) in [7, 11) is 2.01. The number of rotatable bonds is 3.